The Morgan fingerprint density at radius 3 is 2.47 bits per heavy atom. The van der Waals surface area contributed by atoms with Crippen molar-refractivity contribution in [2.45, 2.75) is 19.4 Å². The summed E-state index contributed by atoms with van der Waals surface area (Å²) in [6, 6.07) is 14.8. The molecule has 0 bridgehead atoms. The van der Waals surface area contributed by atoms with E-state index < -0.39 is 9.04 Å². The van der Waals surface area contributed by atoms with E-state index in [1.54, 1.807) is 0 Å². The molecule has 0 aliphatic carbocycles. The maximum atomic E-state index is 6.16. The molecule has 0 N–H and O–H groups in total. The molecular formula is C17H19OSi. The number of rotatable bonds is 6. The van der Waals surface area contributed by atoms with Crippen LogP contribution in [0.1, 0.15) is 25.0 Å². The van der Waals surface area contributed by atoms with Gasteiger partial charge in [0.25, 0.3) is 9.04 Å². The number of benzene rings is 2. The molecule has 1 unspecified atom stereocenters. The molecule has 19 heavy (non-hydrogen) atoms. The molecule has 97 valence electrons. The summed E-state index contributed by atoms with van der Waals surface area (Å²) in [6.45, 7) is 9.80. The van der Waals surface area contributed by atoms with Crippen molar-refractivity contribution in [3.63, 3.8) is 0 Å². The molecule has 0 heterocycles. The van der Waals surface area contributed by atoms with E-state index in [4.69, 9.17) is 4.43 Å². The van der Waals surface area contributed by atoms with Gasteiger partial charge in [-0.05, 0) is 22.8 Å². The molecule has 0 fully saturated rings. The van der Waals surface area contributed by atoms with Crippen LogP contribution < -0.4 is 0 Å². The second kappa shape index (κ2) is 6.50. The van der Waals surface area contributed by atoms with E-state index in [0.29, 0.717) is 0 Å². The zero-order valence-electron chi connectivity index (χ0n) is 11.3. The third-order valence-corrected chi connectivity index (χ3v) is 4.58. The molecular weight excluding hydrogens is 248 g/mol. The maximum Gasteiger partial charge on any atom is 0.267 e. The second-order valence-electron chi connectivity index (χ2n) is 4.39. The van der Waals surface area contributed by atoms with E-state index in [0.717, 1.165) is 6.42 Å². The highest BCUT2D eigenvalue weighted by atomic mass is 28.3. The molecule has 2 rings (SSSR count). The van der Waals surface area contributed by atoms with Crippen molar-refractivity contribution in [2.24, 2.45) is 0 Å². The largest absolute Gasteiger partial charge is 0.401 e. The zero-order chi connectivity index (χ0) is 13.7. The summed E-state index contributed by atoms with van der Waals surface area (Å²) >= 11 is 0. The second-order valence-corrected chi connectivity index (χ2v) is 6.25. The fraction of sp³-hybridized carbons (Fsp3) is 0.176. The smallest absolute Gasteiger partial charge is 0.267 e. The van der Waals surface area contributed by atoms with Gasteiger partial charge in [0.1, 0.15) is 0 Å². The fourth-order valence-electron chi connectivity index (χ4n) is 2.24. The van der Waals surface area contributed by atoms with Crippen LogP contribution in [-0.2, 0) is 4.43 Å². The van der Waals surface area contributed by atoms with Crippen molar-refractivity contribution in [3.05, 3.63) is 72.6 Å². The van der Waals surface area contributed by atoms with Crippen LogP contribution in [0.4, 0.5) is 0 Å². The van der Waals surface area contributed by atoms with E-state index in [-0.39, 0.29) is 6.10 Å². The molecule has 2 aromatic rings. The Hall–Kier alpha value is -1.64. The van der Waals surface area contributed by atoms with Crippen LogP contribution >= 0.6 is 0 Å². The Labute approximate surface area is 117 Å². The Bertz CT molecular complexity index is 563. The molecule has 0 amide bonds. The van der Waals surface area contributed by atoms with Gasteiger partial charge in [0.2, 0.25) is 0 Å². The lowest BCUT2D eigenvalue weighted by atomic mass is 9.99. The molecule has 1 atom stereocenters. The van der Waals surface area contributed by atoms with Crippen LogP contribution in [0.25, 0.3) is 10.8 Å². The predicted molar refractivity (Wildman–Crippen MR) is 84.2 cm³/mol. The molecule has 0 aromatic heterocycles. The van der Waals surface area contributed by atoms with E-state index in [2.05, 4.69) is 62.5 Å². The zero-order valence-corrected chi connectivity index (χ0v) is 12.3. The standard InChI is InChI=1S/C17H19OSi/c1-4-17(18-19(5-2)6-3)16-13-9-11-14-10-7-8-12-15(14)16/h5-13,17H,2-4H2,1H3. The highest BCUT2D eigenvalue weighted by molar-refractivity contribution is 6.62. The van der Waals surface area contributed by atoms with E-state index in [9.17, 15) is 0 Å². The van der Waals surface area contributed by atoms with Gasteiger partial charge in [-0.3, -0.25) is 0 Å². The Kier molecular flexibility index (Phi) is 4.72. The summed E-state index contributed by atoms with van der Waals surface area (Å²) in [4.78, 5) is 0. The van der Waals surface area contributed by atoms with Crippen molar-refractivity contribution < 1.29 is 4.43 Å². The lowest BCUT2D eigenvalue weighted by Gasteiger charge is -2.21. The number of hydrogen-bond donors (Lipinski definition) is 0. The van der Waals surface area contributed by atoms with Crippen molar-refractivity contribution >= 4 is 19.8 Å². The number of hydrogen-bond acceptors (Lipinski definition) is 1. The molecule has 0 saturated carbocycles. The first-order valence-electron chi connectivity index (χ1n) is 6.56. The highest BCUT2D eigenvalue weighted by Crippen LogP contribution is 2.29. The topological polar surface area (TPSA) is 9.23 Å². The van der Waals surface area contributed by atoms with Gasteiger partial charge in [0.15, 0.2) is 0 Å². The van der Waals surface area contributed by atoms with Crippen LogP contribution in [0, 0.1) is 0 Å². The van der Waals surface area contributed by atoms with E-state index in [1.807, 2.05) is 11.4 Å². The molecule has 2 heteroatoms. The molecule has 0 spiro atoms. The Morgan fingerprint density at radius 1 is 1.11 bits per heavy atom. The van der Waals surface area contributed by atoms with Crippen LogP contribution in [0.15, 0.2) is 67.0 Å². The average Bonchev–Trinajstić information content (AvgIpc) is 2.48. The fourth-order valence-corrected chi connectivity index (χ4v) is 3.22. The number of fused-ring (bicyclic) bond motifs is 1. The Morgan fingerprint density at radius 2 is 1.79 bits per heavy atom. The third-order valence-electron chi connectivity index (χ3n) is 3.22. The normalized spacial score (nSPS) is 12.5. The van der Waals surface area contributed by atoms with Gasteiger partial charge in [-0.1, -0.05) is 60.8 Å². The van der Waals surface area contributed by atoms with Crippen molar-refractivity contribution in [1.29, 1.82) is 0 Å². The highest BCUT2D eigenvalue weighted by Gasteiger charge is 2.16. The van der Waals surface area contributed by atoms with Gasteiger partial charge in [-0.25, -0.2) is 0 Å². The summed E-state index contributed by atoms with van der Waals surface area (Å²) in [6.07, 6.45) is 1.06. The average molecular weight is 267 g/mol. The van der Waals surface area contributed by atoms with E-state index in [1.165, 1.54) is 16.3 Å². The van der Waals surface area contributed by atoms with Crippen LogP contribution in [0.2, 0.25) is 0 Å². The summed E-state index contributed by atoms with van der Waals surface area (Å²) in [7, 11) is -1.12. The first-order valence-corrected chi connectivity index (χ1v) is 8.12. The first kappa shape index (κ1) is 13.8. The van der Waals surface area contributed by atoms with Gasteiger partial charge in [0.05, 0.1) is 6.10 Å². The first-order chi connectivity index (χ1) is 9.30. The summed E-state index contributed by atoms with van der Waals surface area (Å²) < 4.78 is 6.16. The van der Waals surface area contributed by atoms with Gasteiger partial charge >= 0.3 is 0 Å². The van der Waals surface area contributed by atoms with Gasteiger partial charge < -0.3 is 4.43 Å². The predicted octanol–water partition coefficient (Wildman–Crippen LogP) is 4.75. The lowest BCUT2D eigenvalue weighted by molar-refractivity contribution is 0.210. The lowest BCUT2D eigenvalue weighted by Crippen LogP contribution is -2.16. The Balaban J connectivity index is 2.40. The van der Waals surface area contributed by atoms with Crippen molar-refractivity contribution in [1.82, 2.24) is 0 Å². The minimum Gasteiger partial charge on any atom is -0.401 e. The van der Waals surface area contributed by atoms with Crippen LogP contribution in [0.3, 0.4) is 0 Å². The monoisotopic (exact) mass is 267 g/mol. The SMILES string of the molecule is C=C[Si](C=C)OC(CC)c1cccc2ccccc12. The molecule has 0 aliphatic rings. The molecule has 1 radical (unpaired) electrons. The van der Waals surface area contributed by atoms with Crippen molar-refractivity contribution in [3.8, 4) is 0 Å². The van der Waals surface area contributed by atoms with Gasteiger partial charge in [-0.15, -0.1) is 13.2 Å². The van der Waals surface area contributed by atoms with Crippen LogP contribution in [-0.4, -0.2) is 9.04 Å². The van der Waals surface area contributed by atoms with Crippen LogP contribution in [0.5, 0.6) is 0 Å². The molecule has 0 saturated heterocycles. The molecule has 2 aromatic carbocycles. The van der Waals surface area contributed by atoms with Gasteiger partial charge in [-0.2, -0.15) is 0 Å². The summed E-state index contributed by atoms with van der Waals surface area (Å²) in [5.74, 6) is 0. The van der Waals surface area contributed by atoms with E-state index >= 15 is 0 Å². The minimum atomic E-state index is -1.12. The summed E-state index contributed by atoms with van der Waals surface area (Å²) in [5, 5.41) is 2.53. The molecule has 0 aliphatic heterocycles. The maximum absolute atomic E-state index is 6.16. The van der Waals surface area contributed by atoms with Gasteiger partial charge in [0, 0.05) is 0 Å². The minimum absolute atomic E-state index is 0.107. The van der Waals surface area contributed by atoms with Crippen molar-refractivity contribution in [2.75, 3.05) is 0 Å². The summed E-state index contributed by atoms with van der Waals surface area (Å²) in [5.41, 5.74) is 5.02. The quantitative estimate of drug-likeness (QED) is 0.686. The third kappa shape index (κ3) is 3.03. The molecule has 1 nitrogen and oxygen atoms in total.